The summed E-state index contributed by atoms with van der Waals surface area (Å²) in [6, 6.07) is 10.1. The molecule has 3 aliphatic rings. The molecule has 0 spiro atoms. The fraction of sp³-hybridized carbons (Fsp3) is 0.567. The Balaban J connectivity index is 0.000000173. The van der Waals surface area contributed by atoms with Crippen LogP contribution in [0.5, 0.6) is 0 Å². The zero-order chi connectivity index (χ0) is 25.9. The first-order chi connectivity index (χ1) is 18.1. The number of carboxylic acid groups (broad SMARTS) is 1. The molecule has 3 heterocycles. The number of aromatic nitrogens is 1. The number of fused-ring (bicyclic) bond motifs is 2. The highest BCUT2D eigenvalue weighted by atomic mass is 16.4. The van der Waals surface area contributed by atoms with E-state index in [4.69, 9.17) is 10.1 Å². The average molecular weight is 507 g/mol. The first-order valence-corrected chi connectivity index (χ1v) is 14.1. The van der Waals surface area contributed by atoms with Crippen LogP contribution in [-0.4, -0.2) is 53.5 Å². The summed E-state index contributed by atoms with van der Waals surface area (Å²) in [5.41, 5.74) is 6.17. The number of rotatable bonds is 9. The van der Waals surface area contributed by atoms with Gasteiger partial charge in [0, 0.05) is 12.2 Å². The van der Waals surface area contributed by atoms with Crippen molar-refractivity contribution in [1.29, 1.82) is 0 Å². The van der Waals surface area contributed by atoms with Crippen molar-refractivity contribution in [2.75, 3.05) is 31.5 Å². The van der Waals surface area contributed by atoms with Gasteiger partial charge in [-0.05, 0) is 112 Å². The summed E-state index contributed by atoms with van der Waals surface area (Å²) >= 11 is 0. The fourth-order valence-electron chi connectivity index (χ4n) is 5.67. The van der Waals surface area contributed by atoms with Crippen LogP contribution >= 0.6 is 0 Å². The normalized spacial score (nSPS) is 17.7. The minimum atomic E-state index is -0.910. The maximum absolute atomic E-state index is 10.8. The Hall–Kier alpha value is -2.93. The Bertz CT molecular complexity index is 1040. The Kier molecular flexibility index (Phi) is 10.4. The number of likely N-dealkylation sites (tertiary alicyclic amines) is 1. The third kappa shape index (κ3) is 8.29. The number of benzene rings is 1. The fourth-order valence-corrected chi connectivity index (χ4v) is 5.67. The third-order valence-corrected chi connectivity index (χ3v) is 7.73. The summed E-state index contributed by atoms with van der Waals surface area (Å²) in [4.78, 5) is 28.7. The van der Waals surface area contributed by atoms with E-state index in [-0.39, 0.29) is 6.42 Å². The molecular weight excluding hydrogens is 464 g/mol. The maximum atomic E-state index is 10.8. The second-order valence-corrected chi connectivity index (χ2v) is 10.5. The van der Waals surface area contributed by atoms with Gasteiger partial charge in [-0.1, -0.05) is 30.7 Å². The number of nitrogens with one attached hydrogen (secondary N) is 2. The van der Waals surface area contributed by atoms with Crippen molar-refractivity contribution in [3.05, 3.63) is 58.3 Å². The maximum Gasteiger partial charge on any atom is 0.305 e. The van der Waals surface area contributed by atoms with Crippen LogP contribution in [0.25, 0.3) is 0 Å². The van der Waals surface area contributed by atoms with Crippen molar-refractivity contribution in [1.82, 2.24) is 15.2 Å². The summed E-state index contributed by atoms with van der Waals surface area (Å²) in [5, 5.41) is 14.9. The lowest BCUT2D eigenvalue weighted by Gasteiger charge is -2.26. The number of amides is 1. The first kappa shape index (κ1) is 27.1. The van der Waals surface area contributed by atoms with Gasteiger partial charge in [-0.25, -0.2) is 4.98 Å². The number of nitrogens with zero attached hydrogens (tertiary/aromatic N) is 2. The molecule has 2 aliphatic heterocycles. The molecule has 7 heteroatoms. The molecule has 1 aromatic carbocycles. The molecule has 3 N–H and O–H groups in total. The lowest BCUT2D eigenvalue weighted by atomic mass is 9.88. The van der Waals surface area contributed by atoms with Gasteiger partial charge < -0.3 is 20.6 Å². The molecule has 37 heavy (non-hydrogen) atoms. The van der Waals surface area contributed by atoms with Crippen LogP contribution in [0.2, 0.25) is 0 Å². The van der Waals surface area contributed by atoms with Crippen LogP contribution in [0.15, 0.2) is 30.3 Å². The zero-order valence-corrected chi connectivity index (χ0v) is 22.0. The van der Waals surface area contributed by atoms with Gasteiger partial charge in [0.05, 0.1) is 12.5 Å². The molecule has 5 rings (SSSR count). The van der Waals surface area contributed by atoms with E-state index in [0.717, 1.165) is 37.2 Å². The molecule has 1 unspecified atom stereocenters. The summed E-state index contributed by atoms with van der Waals surface area (Å²) < 4.78 is 0. The second kappa shape index (κ2) is 14.1. The van der Waals surface area contributed by atoms with Gasteiger partial charge in [0.1, 0.15) is 5.82 Å². The van der Waals surface area contributed by atoms with Crippen LogP contribution in [0.4, 0.5) is 5.82 Å². The molecule has 1 aliphatic carbocycles. The Labute approximate surface area is 221 Å². The van der Waals surface area contributed by atoms with E-state index >= 15 is 0 Å². The average Bonchev–Trinajstić information content (AvgIpc) is 2.93. The van der Waals surface area contributed by atoms with Crippen LogP contribution in [0.1, 0.15) is 85.4 Å². The molecular formula is C30H42N4O3. The summed E-state index contributed by atoms with van der Waals surface area (Å²) in [5.74, 6) is 0.230. The quantitative estimate of drug-likeness (QED) is 0.428. The van der Waals surface area contributed by atoms with Gasteiger partial charge in [-0.2, -0.15) is 0 Å². The van der Waals surface area contributed by atoms with Crippen LogP contribution < -0.4 is 10.6 Å². The highest BCUT2D eigenvalue weighted by molar-refractivity contribution is 5.68. The van der Waals surface area contributed by atoms with E-state index in [1.54, 1.807) is 0 Å². The monoisotopic (exact) mass is 506 g/mol. The Morgan fingerprint density at radius 2 is 1.76 bits per heavy atom. The number of anilines is 1. The second-order valence-electron chi connectivity index (χ2n) is 10.5. The van der Waals surface area contributed by atoms with Crippen molar-refractivity contribution in [3.8, 4) is 0 Å². The summed E-state index contributed by atoms with van der Waals surface area (Å²) in [6.07, 6.45) is 14.0. The van der Waals surface area contributed by atoms with Gasteiger partial charge in [0.2, 0.25) is 6.41 Å². The number of hydrogen-bond acceptors (Lipinski definition) is 5. The summed E-state index contributed by atoms with van der Waals surface area (Å²) in [7, 11) is 0. The van der Waals surface area contributed by atoms with Crippen molar-refractivity contribution in [3.63, 3.8) is 0 Å². The molecule has 200 valence electrons. The molecule has 0 radical (unpaired) electrons. The number of carbonyl (C=O) groups is 2. The van der Waals surface area contributed by atoms with Crippen molar-refractivity contribution >= 4 is 18.2 Å². The van der Waals surface area contributed by atoms with Crippen molar-refractivity contribution in [2.24, 2.45) is 0 Å². The lowest BCUT2D eigenvalue weighted by Crippen LogP contribution is -2.30. The molecule has 0 bridgehead atoms. The predicted octanol–water partition coefficient (Wildman–Crippen LogP) is 4.69. The number of aryl methyl sites for hydroxylation is 4. The van der Waals surface area contributed by atoms with E-state index in [2.05, 4.69) is 33.7 Å². The number of aliphatic carboxylic acids is 1. The van der Waals surface area contributed by atoms with Gasteiger partial charge in [-0.3, -0.25) is 9.59 Å². The van der Waals surface area contributed by atoms with Crippen molar-refractivity contribution < 1.29 is 14.7 Å². The number of carboxylic acids is 1. The van der Waals surface area contributed by atoms with Gasteiger partial charge in [0.25, 0.3) is 0 Å². The number of hydrogen-bond donors (Lipinski definition) is 3. The van der Waals surface area contributed by atoms with E-state index in [1.807, 2.05) is 12.1 Å². The number of piperidine rings is 1. The number of carbonyl (C=O) groups excluding carboxylic acids is 1. The van der Waals surface area contributed by atoms with E-state index in [1.165, 1.54) is 93.4 Å². The van der Waals surface area contributed by atoms with Gasteiger partial charge in [-0.15, -0.1) is 0 Å². The third-order valence-electron chi connectivity index (χ3n) is 7.73. The topological polar surface area (TPSA) is 94.6 Å². The van der Waals surface area contributed by atoms with E-state index < -0.39 is 12.0 Å². The minimum absolute atomic E-state index is 0.0858. The molecule has 1 fully saturated rings. The number of pyridine rings is 1. The predicted molar refractivity (Wildman–Crippen MR) is 147 cm³/mol. The molecule has 7 nitrogen and oxygen atoms in total. The van der Waals surface area contributed by atoms with Crippen molar-refractivity contribution in [2.45, 2.75) is 83.1 Å². The molecule has 0 saturated carbocycles. The van der Waals surface area contributed by atoms with E-state index in [9.17, 15) is 9.59 Å². The standard InChI is InChI=1S/C16H25N3.C14H17NO3/c1-2-11-19(12-3-1)13-5-7-15-9-8-14-6-4-10-17-16(14)18-15;16-9-15-13(8-14(17)18)12-6-5-10-3-1-2-4-11(10)7-12/h8-9H,1-7,10-13H2,(H,17,18);5-7,9,13H,1-4,8H2,(H,15,16)(H,17,18). The zero-order valence-electron chi connectivity index (χ0n) is 22.0. The van der Waals surface area contributed by atoms with Gasteiger partial charge >= 0.3 is 5.97 Å². The first-order valence-electron chi connectivity index (χ1n) is 14.1. The molecule has 1 aromatic heterocycles. The van der Waals surface area contributed by atoms with Gasteiger partial charge in [0.15, 0.2) is 0 Å². The highest BCUT2D eigenvalue weighted by Gasteiger charge is 2.17. The van der Waals surface area contributed by atoms with Crippen LogP contribution in [-0.2, 0) is 35.3 Å². The molecule has 1 saturated heterocycles. The highest BCUT2D eigenvalue weighted by Crippen LogP contribution is 2.26. The summed E-state index contributed by atoms with van der Waals surface area (Å²) in [6.45, 7) is 4.93. The van der Waals surface area contributed by atoms with Crippen LogP contribution in [0, 0.1) is 0 Å². The molecule has 1 atom stereocenters. The lowest BCUT2D eigenvalue weighted by molar-refractivity contribution is -0.137. The van der Waals surface area contributed by atoms with Crippen LogP contribution in [0.3, 0.4) is 0 Å². The largest absolute Gasteiger partial charge is 0.481 e. The molecule has 2 aromatic rings. The smallest absolute Gasteiger partial charge is 0.305 e. The Morgan fingerprint density at radius 3 is 2.54 bits per heavy atom. The Morgan fingerprint density at radius 1 is 1.00 bits per heavy atom. The minimum Gasteiger partial charge on any atom is -0.481 e. The van der Waals surface area contributed by atoms with E-state index in [0.29, 0.717) is 6.41 Å². The molecule has 1 amide bonds. The SMILES string of the molecule is O=CNC(CC(=O)O)c1ccc2c(c1)CCCC2.c1cc2c(nc1CCCN1CCCCC1)NCCC2.